The minimum Gasteiger partial charge on any atom is -0.389 e. The van der Waals surface area contributed by atoms with Crippen LogP contribution in [-0.2, 0) is 13.6 Å². The van der Waals surface area contributed by atoms with Gasteiger partial charge >= 0.3 is 0 Å². The highest BCUT2D eigenvalue weighted by atomic mass is 16.3. The number of likely N-dealkylation sites (N-methyl/N-ethyl adjacent to an activating group) is 1. The Hall–Kier alpha value is -0.940. The summed E-state index contributed by atoms with van der Waals surface area (Å²) in [5.74, 6) is 0.934. The standard InChI is InChI=1S/C11H20N4O/c1-14(7-10-13-12-9-15(10)2)8-11(16)5-3-4-6-11/h9,16H,3-8H2,1-2H3. The fourth-order valence-electron chi connectivity index (χ4n) is 2.44. The molecule has 1 aromatic rings. The molecule has 0 atom stereocenters. The molecule has 0 amide bonds. The van der Waals surface area contributed by atoms with Crippen LogP contribution in [0.2, 0.25) is 0 Å². The minimum atomic E-state index is -0.479. The zero-order valence-corrected chi connectivity index (χ0v) is 10.1. The lowest BCUT2D eigenvalue weighted by Crippen LogP contribution is -2.39. The monoisotopic (exact) mass is 224 g/mol. The largest absolute Gasteiger partial charge is 0.389 e. The number of hydrogen-bond acceptors (Lipinski definition) is 4. The first kappa shape index (κ1) is 11.5. The Balaban J connectivity index is 1.89. The van der Waals surface area contributed by atoms with Crippen molar-refractivity contribution in [2.75, 3.05) is 13.6 Å². The van der Waals surface area contributed by atoms with Gasteiger partial charge in [0.15, 0.2) is 0 Å². The molecule has 1 saturated carbocycles. The van der Waals surface area contributed by atoms with Gasteiger partial charge < -0.3 is 9.67 Å². The smallest absolute Gasteiger partial charge is 0.146 e. The predicted molar refractivity (Wildman–Crippen MR) is 60.8 cm³/mol. The molecule has 0 unspecified atom stereocenters. The topological polar surface area (TPSA) is 54.2 Å². The van der Waals surface area contributed by atoms with Crippen molar-refractivity contribution in [3.8, 4) is 0 Å². The summed E-state index contributed by atoms with van der Waals surface area (Å²) in [6.45, 7) is 1.46. The number of aliphatic hydroxyl groups is 1. The molecule has 0 bridgehead atoms. The van der Waals surface area contributed by atoms with Gasteiger partial charge in [-0.25, -0.2) is 0 Å². The molecule has 1 fully saturated rings. The molecule has 0 radical (unpaired) electrons. The quantitative estimate of drug-likeness (QED) is 0.811. The van der Waals surface area contributed by atoms with E-state index < -0.39 is 5.60 Å². The first-order valence-corrected chi connectivity index (χ1v) is 5.83. The van der Waals surface area contributed by atoms with Gasteiger partial charge in [-0.15, -0.1) is 10.2 Å². The number of aryl methyl sites for hydroxylation is 1. The third-order valence-electron chi connectivity index (χ3n) is 3.31. The molecule has 1 heterocycles. The zero-order valence-electron chi connectivity index (χ0n) is 10.1. The molecule has 1 aromatic heterocycles. The second-order valence-electron chi connectivity index (χ2n) is 4.96. The highest BCUT2D eigenvalue weighted by Crippen LogP contribution is 2.30. The van der Waals surface area contributed by atoms with Crippen LogP contribution in [0.25, 0.3) is 0 Å². The highest BCUT2D eigenvalue weighted by molar-refractivity contribution is 4.89. The van der Waals surface area contributed by atoms with Gasteiger partial charge in [-0.3, -0.25) is 4.90 Å². The van der Waals surface area contributed by atoms with Crippen LogP contribution in [0.5, 0.6) is 0 Å². The molecule has 16 heavy (non-hydrogen) atoms. The first-order chi connectivity index (χ1) is 7.59. The van der Waals surface area contributed by atoms with Gasteiger partial charge in [-0.2, -0.15) is 0 Å². The summed E-state index contributed by atoms with van der Waals surface area (Å²) in [6, 6.07) is 0. The third kappa shape index (κ3) is 2.59. The van der Waals surface area contributed by atoms with Crippen LogP contribution in [0.3, 0.4) is 0 Å². The van der Waals surface area contributed by atoms with Crippen molar-refractivity contribution < 1.29 is 5.11 Å². The van der Waals surface area contributed by atoms with Gasteiger partial charge in [0.05, 0.1) is 12.1 Å². The molecule has 1 aliphatic carbocycles. The Morgan fingerprint density at radius 1 is 1.50 bits per heavy atom. The molecular formula is C11H20N4O. The van der Waals surface area contributed by atoms with Gasteiger partial charge in [0.1, 0.15) is 12.2 Å². The van der Waals surface area contributed by atoms with Crippen molar-refractivity contribution in [3.63, 3.8) is 0 Å². The van der Waals surface area contributed by atoms with Crippen LogP contribution < -0.4 is 0 Å². The molecule has 2 rings (SSSR count). The summed E-state index contributed by atoms with van der Waals surface area (Å²) >= 11 is 0. The molecule has 0 spiro atoms. The van der Waals surface area contributed by atoms with E-state index in [0.717, 1.165) is 44.6 Å². The Labute approximate surface area is 96.1 Å². The maximum absolute atomic E-state index is 10.3. The number of nitrogens with zero attached hydrogens (tertiary/aromatic N) is 4. The fourth-order valence-corrected chi connectivity index (χ4v) is 2.44. The Morgan fingerprint density at radius 2 is 2.19 bits per heavy atom. The van der Waals surface area contributed by atoms with Gasteiger partial charge in [0.2, 0.25) is 0 Å². The highest BCUT2D eigenvalue weighted by Gasteiger charge is 2.32. The van der Waals surface area contributed by atoms with E-state index in [-0.39, 0.29) is 0 Å². The van der Waals surface area contributed by atoms with Crippen molar-refractivity contribution in [2.45, 2.75) is 37.8 Å². The van der Waals surface area contributed by atoms with Crippen molar-refractivity contribution in [1.29, 1.82) is 0 Å². The summed E-state index contributed by atoms with van der Waals surface area (Å²) in [5.41, 5.74) is -0.479. The van der Waals surface area contributed by atoms with E-state index in [1.165, 1.54) is 0 Å². The Bertz CT molecular complexity index is 344. The third-order valence-corrected chi connectivity index (χ3v) is 3.31. The lowest BCUT2D eigenvalue weighted by molar-refractivity contribution is 0.0138. The van der Waals surface area contributed by atoms with Gasteiger partial charge in [0.25, 0.3) is 0 Å². The summed E-state index contributed by atoms with van der Waals surface area (Å²) < 4.78 is 1.91. The van der Waals surface area contributed by atoms with Crippen molar-refractivity contribution >= 4 is 0 Å². The SMILES string of the molecule is CN(Cc1nncn1C)CC1(O)CCCC1. The van der Waals surface area contributed by atoms with E-state index in [0.29, 0.717) is 0 Å². The molecule has 0 aromatic carbocycles. The van der Waals surface area contributed by atoms with Crippen LogP contribution in [0.4, 0.5) is 0 Å². The summed E-state index contributed by atoms with van der Waals surface area (Å²) in [4.78, 5) is 2.12. The van der Waals surface area contributed by atoms with Gasteiger partial charge in [0, 0.05) is 13.6 Å². The number of hydrogen-bond donors (Lipinski definition) is 1. The zero-order chi connectivity index (χ0) is 11.6. The van der Waals surface area contributed by atoms with Crippen molar-refractivity contribution in [2.24, 2.45) is 7.05 Å². The average molecular weight is 224 g/mol. The Morgan fingerprint density at radius 3 is 2.75 bits per heavy atom. The second-order valence-corrected chi connectivity index (χ2v) is 4.96. The second kappa shape index (κ2) is 4.51. The van der Waals surface area contributed by atoms with Gasteiger partial charge in [-0.1, -0.05) is 12.8 Å². The molecule has 5 nitrogen and oxygen atoms in total. The molecular weight excluding hydrogens is 204 g/mol. The van der Waals surface area contributed by atoms with E-state index in [2.05, 4.69) is 15.1 Å². The lowest BCUT2D eigenvalue weighted by Gasteiger charge is -2.28. The minimum absolute atomic E-state index is 0.479. The molecule has 90 valence electrons. The maximum atomic E-state index is 10.3. The van der Waals surface area contributed by atoms with Crippen molar-refractivity contribution in [3.05, 3.63) is 12.2 Å². The van der Waals surface area contributed by atoms with Crippen LogP contribution in [-0.4, -0.2) is 44.0 Å². The van der Waals surface area contributed by atoms with Crippen molar-refractivity contribution in [1.82, 2.24) is 19.7 Å². The van der Waals surface area contributed by atoms with E-state index in [1.54, 1.807) is 6.33 Å². The molecule has 5 heteroatoms. The van der Waals surface area contributed by atoms with Crippen LogP contribution in [0.1, 0.15) is 31.5 Å². The summed E-state index contributed by atoms with van der Waals surface area (Å²) in [5, 5.41) is 18.2. The first-order valence-electron chi connectivity index (χ1n) is 5.83. The van der Waals surface area contributed by atoms with Crippen LogP contribution in [0, 0.1) is 0 Å². The van der Waals surface area contributed by atoms with Crippen LogP contribution >= 0.6 is 0 Å². The summed E-state index contributed by atoms with van der Waals surface area (Å²) in [7, 11) is 3.96. The average Bonchev–Trinajstić information content (AvgIpc) is 2.77. The fraction of sp³-hybridized carbons (Fsp3) is 0.818. The molecule has 1 aliphatic rings. The summed E-state index contributed by atoms with van der Waals surface area (Å²) in [6.07, 6.45) is 5.85. The molecule has 1 N–H and O–H groups in total. The van der Waals surface area contributed by atoms with E-state index in [9.17, 15) is 5.11 Å². The Kier molecular flexibility index (Phi) is 3.25. The molecule has 0 aliphatic heterocycles. The van der Waals surface area contributed by atoms with Gasteiger partial charge in [-0.05, 0) is 19.9 Å². The van der Waals surface area contributed by atoms with E-state index >= 15 is 0 Å². The lowest BCUT2D eigenvalue weighted by atomic mass is 10.0. The number of aromatic nitrogens is 3. The molecule has 0 saturated heterocycles. The normalized spacial score (nSPS) is 19.5. The van der Waals surface area contributed by atoms with E-state index in [1.807, 2.05) is 18.7 Å². The van der Waals surface area contributed by atoms with Crippen LogP contribution in [0.15, 0.2) is 6.33 Å². The number of rotatable bonds is 4. The maximum Gasteiger partial charge on any atom is 0.146 e. The van der Waals surface area contributed by atoms with E-state index in [4.69, 9.17) is 0 Å². The predicted octanol–water partition coefficient (Wildman–Crippen LogP) is 0.552.